The molecule has 3 nitrogen and oxygen atoms in total. The molecule has 0 N–H and O–H groups in total. The highest BCUT2D eigenvalue weighted by Crippen LogP contribution is 2.35. The van der Waals surface area contributed by atoms with E-state index in [1.807, 2.05) is 7.05 Å². The second-order valence-corrected chi connectivity index (χ2v) is 4.07. The van der Waals surface area contributed by atoms with E-state index < -0.39 is 0 Å². The van der Waals surface area contributed by atoms with Crippen molar-refractivity contribution in [2.75, 3.05) is 26.8 Å². The Morgan fingerprint density at radius 2 is 2.27 bits per heavy atom. The lowest BCUT2D eigenvalue weighted by Gasteiger charge is -2.33. The van der Waals surface area contributed by atoms with Crippen LogP contribution in [0.4, 0.5) is 0 Å². The quantitative estimate of drug-likeness (QED) is 0.638. The Hall–Kier alpha value is -0.980. The van der Waals surface area contributed by atoms with Gasteiger partial charge in [-0.05, 0) is 6.42 Å². The Labute approximate surface area is 91.0 Å². The molecule has 1 aliphatic heterocycles. The first-order valence-electron chi connectivity index (χ1n) is 5.37. The first kappa shape index (κ1) is 10.5. The molecule has 1 heterocycles. The van der Waals surface area contributed by atoms with Crippen molar-refractivity contribution in [2.45, 2.75) is 25.0 Å². The highest BCUT2D eigenvalue weighted by atomic mass is 16.7. The third-order valence-electron chi connectivity index (χ3n) is 3.04. The fourth-order valence-electron chi connectivity index (χ4n) is 2.14. The standard InChI is InChI=1S/C12H17NO2/c1-3-8-13(2)11-4-6-12(7-5-11)14-9-10-15-12/h1,4H,5-10H2,2H3. The summed E-state index contributed by atoms with van der Waals surface area (Å²) in [5.41, 5.74) is 1.30. The smallest absolute Gasteiger partial charge is 0.172 e. The summed E-state index contributed by atoms with van der Waals surface area (Å²) in [6.45, 7) is 2.12. The monoisotopic (exact) mass is 207 g/mol. The van der Waals surface area contributed by atoms with E-state index in [1.165, 1.54) is 5.70 Å². The van der Waals surface area contributed by atoms with Gasteiger partial charge in [-0.25, -0.2) is 0 Å². The molecule has 0 amide bonds. The lowest BCUT2D eigenvalue weighted by atomic mass is 9.97. The number of hydrogen-bond donors (Lipinski definition) is 0. The lowest BCUT2D eigenvalue weighted by molar-refractivity contribution is -0.162. The molecule has 2 aliphatic rings. The maximum Gasteiger partial charge on any atom is 0.172 e. The van der Waals surface area contributed by atoms with Crippen LogP contribution in [0.3, 0.4) is 0 Å². The van der Waals surface area contributed by atoms with Crippen LogP contribution in [0, 0.1) is 12.3 Å². The summed E-state index contributed by atoms with van der Waals surface area (Å²) in [5, 5.41) is 0. The Bertz CT molecular complexity index is 297. The van der Waals surface area contributed by atoms with E-state index >= 15 is 0 Å². The predicted octanol–water partition coefficient (Wildman–Crippen LogP) is 1.36. The summed E-state index contributed by atoms with van der Waals surface area (Å²) in [6.07, 6.45) is 10.2. The molecule has 0 unspecified atom stereocenters. The van der Waals surface area contributed by atoms with Crippen LogP contribution in [0.15, 0.2) is 11.8 Å². The number of terminal acetylenes is 1. The van der Waals surface area contributed by atoms with Crippen LogP contribution in [-0.2, 0) is 9.47 Å². The van der Waals surface area contributed by atoms with Crippen LogP contribution in [0.5, 0.6) is 0 Å². The van der Waals surface area contributed by atoms with Crippen LogP contribution in [-0.4, -0.2) is 37.5 Å². The average molecular weight is 207 g/mol. The third-order valence-corrected chi connectivity index (χ3v) is 3.04. The average Bonchev–Trinajstić information content (AvgIpc) is 2.68. The summed E-state index contributed by atoms with van der Waals surface area (Å²) in [7, 11) is 2.03. The van der Waals surface area contributed by atoms with E-state index in [2.05, 4.69) is 16.9 Å². The van der Waals surface area contributed by atoms with Crippen molar-refractivity contribution in [3.05, 3.63) is 11.8 Å². The highest BCUT2D eigenvalue weighted by molar-refractivity contribution is 5.10. The molecule has 1 fully saturated rings. The second kappa shape index (κ2) is 4.26. The van der Waals surface area contributed by atoms with E-state index in [0.29, 0.717) is 6.54 Å². The predicted molar refractivity (Wildman–Crippen MR) is 58.0 cm³/mol. The molecule has 1 aliphatic carbocycles. The number of ether oxygens (including phenoxy) is 2. The molecule has 0 atom stereocenters. The maximum atomic E-state index is 5.64. The Morgan fingerprint density at radius 1 is 1.53 bits per heavy atom. The van der Waals surface area contributed by atoms with Gasteiger partial charge in [-0.1, -0.05) is 12.0 Å². The summed E-state index contributed by atoms with van der Waals surface area (Å²) >= 11 is 0. The van der Waals surface area contributed by atoms with Gasteiger partial charge in [0.15, 0.2) is 5.79 Å². The number of allylic oxidation sites excluding steroid dienone is 1. The highest BCUT2D eigenvalue weighted by Gasteiger charge is 2.37. The van der Waals surface area contributed by atoms with Gasteiger partial charge < -0.3 is 14.4 Å². The van der Waals surface area contributed by atoms with E-state index in [1.54, 1.807) is 0 Å². The SMILES string of the molecule is C#CCN(C)C1=CCC2(CC1)OCCO2. The zero-order valence-electron chi connectivity index (χ0n) is 9.16. The molecule has 2 rings (SSSR count). The topological polar surface area (TPSA) is 21.7 Å². The number of hydrogen-bond acceptors (Lipinski definition) is 3. The third kappa shape index (κ3) is 2.17. The molecule has 3 heteroatoms. The Morgan fingerprint density at radius 3 is 2.80 bits per heavy atom. The van der Waals surface area contributed by atoms with E-state index in [4.69, 9.17) is 15.9 Å². The summed E-state index contributed by atoms with van der Waals surface area (Å²) in [6, 6.07) is 0. The molecule has 0 bridgehead atoms. The zero-order valence-corrected chi connectivity index (χ0v) is 9.16. The van der Waals surface area contributed by atoms with Gasteiger partial charge in [0.25, 0.3) is 0 Å². The van der Waals surface area contributed by atoms with E-state index in [0.717, 1.165) is 32.5 Å². The van der Waals surface area contributed by atoms with Crippen LogP contribution in [0.2, 0.25) is 0 Å². The summed E-state index contributed by atoms with van der Waals surface area (Å²) in [5.74, 6) is 2.33. The van der Waals surface area contributed by atoms with Gasteiger partial charge in [-0.2, -0.15) is 0 Å². The summed E-state index contributed by atoms with van der Waals surface area (Å²) in [4.78, 5) is 2.11. The Balaban J connectivity index is 1.97. The van der Waals surface area contributed by atoms with Crippen LogP contribution < -0.4 is 0 Å². The molecule has 0 aromatic heterocycles. The minimum Gasteiger partial charge on any atom is -0.367 e. The Kier molecular flexibility index (Phi) is 2.99. The molecule has 0 aromatic carbocycles. The summed E-state index contributed by atoms with van der Waals surface area (Å²) < 4.78 is 11.3. The van der Waals surface area contributed by atoms with Gasteiger partial charge in [-0.3, -0.25) is 0 Å². The molecular formula is C12H17NO2. The van der Waals surface area contributed by atoms with Crippen LogP contribution in [0.1, 0.15) is 19.3 Å². The van der Waals surface area contributed by atoms with Gasteiger partial charge in [0.05, 0.1) is 19.8 Å². The first-order chi connectivity index (χ1) is 7.26. The molecule has 15 heavy (non-hydrogen) atoms. The molecular weight excluding hydrogens is 190 g/mol. The van der Waals surface area contributed by atoms with Crippen molar-refractivity contribution in [2.24, 2.45) is 0 Å². The van der Waals surface area contributed by atoms with E-state index in [9.17, 15) is 0 Å². The fourth-order valence-corrected chi connectivity index (χ4v) is 2.14. The second-order valence-electron chi connectivity index (χ2n) is 4.07. The molecule has 0 radical (unpaired) electrons. The van der Waals surface area contributed by atoms with Crippen molar-refractivity contribution in [3.63, 3.8) is 0 Å². The normalized spacial score (nSPS) is 23.6. The molecule has 1 saturated heterocycles. The van der Waals surface area contributed by atoms with Gasteiger partial charge in [0.2, 0.25) is 0 Å². The van der Waals surface area contributed by atoms with Crippen molar-refractivity contribution in [1.29, 1.82) is 0 Å². The lowest BCUT2D eigenvalue weighted by Crippen LogP contribution is -2.34. The molecule has 1 spiro atoms. The van der Waals surface area contributed by atoms with Gasteiger partial charge >= 0.3 is 0 Å². The minimum absolute atomic E-state index is 0.319. The van der Waals surface area contributed by atoms with Crippen molar-refractivity contribution < 1.29 is 9.47 Å². The number of nitrogens with zero attached hydrogens (tertiary/aromatic N) is 1. The van der Waals surface area contributed by atoms with Crippen molar-refractivity contribution >= 4 is 0 Å². The first-order valence-corrected chi connectivity index (χ1v) is 5.37. The van der Waals surface area contributed by atoms with Crippen LogP contribution >= 0.6 is 0 Å². The minimum atomic E-state index is -0.319. The van der Waals surface area contributed by atoms with Gasteiger partial charge in [0.1, 0.15) is 0 Å². The van der Waals surface area contributed by atoms with E-state index in [-0.39, 0.29) is 5.79 Å². The molecule has 82 valence electrons. The largest absolute Gasteiger partial charge is 0.367 e. The fraction of sp³-hybridized carbons (Fsp3) is 0.667. The molecule has 0 saturated carbocycles. The van der Waals surface area contributed by atoms with Gasteiger partial charge in [-0.15, -0.1) is 6.42 Å². The van der Waals surface area contributed by atoms with Crippen LogP contribution in [0.25, 0.3) is 0 Å². The number of rotatable bonds is 2. The molecule has 0 aromatic rings. The van der Waals surface area contributed by atoms with Crippen molar-refractivity contribution in [3.8, 4) is 12.3 Å². The van der Waals surface area contributed by atoms with Gasteiger partial charge in [0, 0.05) is 25.6 Å². The zero-order chi connectivity index (χ0) is 10.7. The van der Waals surface area contributed by atoms with Crippen molar-refractivity contribution in [1.82, 2.24) is 4.90 Å². The maximum absolute atomic E-state index is 5.64.